The maximum absolute atomic E-state index is 13.0. The van der Waals surface area contributed by atoms with Gasteiger partial charge >= 0.3 is 5.63 Å². The molecule has 8 nitrogen and oxygen atoms in total. The highest BCUT2D eigenvalue weighted by molar-refractivity contribution is 6.00. The van der Waals surface area contributed by atoms with Crippen molar-refractivity contribution in [1.29, 1.82) is 0 Å². The SMILES string of the molecule is COCCCn1c(N/N=C(/C)c2cc3ccccc3oc2=O)nc2ccccc2c1=O. The van der Waals surface area contributed by atoms with E-state index in [0.717, 1.165) is 5.39 Å². The van der Waals surface area contributed by atoms with Crippen LogP contribution in [0.25, 0.3) is 21.9 Å². The van der Waals surface area contributed by atoms with Crippen molar-refractivity contribution in [2.24, 2.45) is 5.10 Å². The number of para-hydroxylation sites is 2. The highest BCUT2D eigenvalue weighted by atomic mass is 16.5. The van der Waals surface area contributed by atoms with E-state index in [-0.39, 0.29) is 5.56 Å². The first-order valence-corrected chi connectivity index (χ1v) is 9.90. The van der Waals surface area contributed by atoms with Gasteiger partial charge in [0.1, 0.15) is 5.58 Å². The fourth-order valence-electron chi connectivity index (χ4n) is 3.34. The van der Waals surface area contributed by atoms with Crippen molar-refractivity contribution in [3.8, 4) is 0 Å². The fourth-order valence-corrected chi connectivity index (χ4v) is 3.34. The smallest absolute Gasteiger partial charge is 0.345 e. The van der Waals surface area contributed by atoms with Gasteiger partial charge in [-0.15, -0.1) is 0 Å². The van der Waals surface area contributed by atoms with Crippen molar-refractivity contribution in [1.82, 2.24) is 9.55 Å². The lowest BCUT2D eigenvalue weighted by molar-refractivity contribution is 0.190. The van der Waals surface area contributed by atoms with Gasteiger partial charge in [0, 0.05) is 25.6 Å². The lowest BCUT2D eigenvalue weighted by atomic mass is 10.1. The maximum atomic E-state index is 13.0. The minimum absolute atomic E-state index is 0.165. The third-order valence-electron chi connectivity index (χ3n) is 4.95. The number of hydrogen-bond acceptors (Lipinski definition) is 7. The summed E-state index contributed by atoms with van der Waals surface area (Å²) in [6.45, 7) is 2.63. The Morgan fingerprint density at radius 3 is 2.77 bits per heavy atom. The van der Waals surface area contributed by atoms with Gasteiger partial charge in [0.05, 0.1) is 22.2 Å². The van der Waals surface area contributed by atoms with Gasteiger partial charge in [-0.2, -0.15) is 5.10 Å². The summed E-state index contributed by atoms with van der Waals surface area (Å²) in [5.74, 6) is 0.296. The Morgan fingerprint density at radius 1 is 1.16 bits per heavy atom. The van der Waals surface area contributed by atoms with E-state index in [2.05, 4.69) is 15.5 Å². The van der Waals surface area contributed by atoms with Crippen LogP contribution in [0.15, 0.2) is 73.7 Å². The molecule has 2 heterocycles. The molecule has 4 rings (SSSR count). The Kier molecular flexibility index (Phi) is 5.90. The van der Waals surface area contributed by atoms with Crippen LogP contribution in [0.3, 0.4) is 0 Å². The molecule has 0 atom stereocenters. The van der Waals surface area contributed by atoms with Crippen LogP contribution in [-0.2, 0) is 11.3 Å². The normalized spacial score (nSPS) is 11.9. The lowest BCUT2D eigenvalue weighted by Gasteiger charge is -2.13. The van der Waals surface area contributed by atoms with Gasteiger partial charge in [-0.05, 0) is 37.6 Å². The molecule has 0 aliphatic rings. The summed E-state index contributed by atoms with van der Waals surface area (Å²) in [7, 11) is 1.61. The Bertz CT molecular complexity index is 1390. The standard InChI is InChI=1S/C23H22N4O4/c1-15(18-14-16-8-3-6-11-20(16)31-22(18)29)25-26-23-24-19-10-5-4-9-17(19)21(28)27(23)12-7-13-30-2/h3-6,8-11,14H,7,12-13H2,1-2H3,(H,24,26)/b25-15-. The number of rotatable bonds is 7. The second-order valence-electron chi connectivity index (χ2n) is 7.05. The molecule has 31 heavy (non-hydrogen) atoms. The number of benzene rings is 2. The molecule has 158 valence electrons. The average molecular weight is 418 g/mol. The third kappa shape index (κ3) is 4.24. The largest absolute Gasteiger partial charge is 0.422 e. The van der Waals surface area contributed by atoms with Gasteiger partial charge in [0.2, 0.25) is 5.95 Å². The number of anilines is 1. The minimum Gasteiger partial charge on any atom is -0.422 e. The van der Waals surface area contributed by atoms with Crippen LogP contribution >= 0.6 is 0 Å². The molecule has 0 fully saturated rings. The van der Waals surface area contributed by atoms with Gasteiger partial charge in [0.25, 0.3) is 5.56 Å². The van der Waals surface area contributed by atoms with E-state index < -0.39 is 5.63 Å². The van der Waals surface area contributed by atoms with Crippen LogP contribution in [-0.4, -0.2) is 29.0 Å². The second-order valence-corrected chi connectivity index (χ2v) is 7.05. The number of ether oxygens (including phenoxy) is 1. The van der Waals surface area contributed by atoms with Crippen LogP contribution in [0.2, 0.25) is 0 Å². The number of nitrogens with zero attached hydrogens (tertiary/aromatic N) is 3. The molecule has 0 amide bonds. The molecule has 2 aromatic carbocycles. The number of aromatic nitrogens is 2. The summed E-state index contributed by atoms with van der Waals surface area (Å²) in [6.07, 6.45) is 0.641. The molecule has 0 saturated heterocycles. The molecule has 0 unspecified atom stereocenters. The molecule has 0 spiro atoms. The summed E-state index contributed by atoms with van der Waals surface area (Å²) in [5.41, 5.74) is 4.05. The Labute approximate surface area is 177 Å². The predicted octanol–water partition coefficient (Wildman–Crippen LogP) is 3.38. The van der Waals surface area contributed by atoms with Gasteiger partial charge in [-0.1, -0.05) is 30.3 Å². The molecule has 1 N–H and O–H groups in total. The zero-order chi connectivity index (χ0) is 21.8. The van der Waals surface area contributed by atoms with Crippen LogP contribution in [0, 0.1) is 0 Å². The number of methoxy groups -OCH3 is 1. The number of hydrogen-bond donors (Lipinski definition) is 1. The van der Waals surface area contributed by atoms with Crippen molar-refractivity contribution < 1.29 is 9.15 Å². The van der Waals surface area contributed by atoms with E-state index >= 15 is 0 Å². The minimum atomic E-state index is -0.481. The topological polar surface area (TPSA) is 98.7 Å². The first kappa shape index (κ1) is 20.5. The van der Waals surface area contributed by atoms with Crippen LogP contribution < -0.4 is 16.6 Å². The number of nitrogens with one attached hydrogen (secondary N) is 1. The number of hydrazone groups is 1. The van der Waals surface area contributed by atoms with Crippen LogP contribution in [0.5, 0.6) is 0 Å². The van der Waals surface area contributed by atoms with Crippen LogP contribution in [0.4, 0.5) is 5.95 Å². The van der Waals surface area contributed by atoms with Crippen molar-refractivity contribution in [3.63, 3.8) is 0 Å². The van der Waals surface area contributed by atoms with Crippen molar-refractivity contribution in [3.05, 3.63) is 80.9 Å². The fraction of sp³-hybridized carbons (Fsp3) is 0.217. The molecule has 4 aromatic rings. The summed E-state index contributed by atoms with van der Waals surface area (Å²) in [6, 6.07) is 16.2. The monoisotopic (exact) mass is 418 g/mol. The predicted molar refractivity (Wildman–Crippen MR) is 121 cm³/mol. The highest BCUT2D eigenvalue weighted by Gasteiger charge is 2.12. The second kappa shape index (κ2) is 8.93. The van der Waals surface area contributed by atoms with E-state index in [1.807, 2.05) is 24.3 Å². The summed E-state index contributed by atoms with van der Waals surface area (Å²) < 4.78 is 12.0. The summed E-state index contributed by atoms with van der Waals surface area (Å²) in [4.78, 5) is 29.9. The Morgan fingerprint density at radius 2 is 1.94 bits per heavy atom. The molecule has 0 bridgehead atoms. The first-order chi connectivity index (χ1) is 15.1. The Balaban J connectivity index is 1.72. The molecule has 0 aliphatic heterocycles. The molecular formula is C23H22N4O4. The van der Waals surface area contributed by atoms with E-state index in [1.54, 1.807) is 44.4 Å². The first-order valence-electron chi connectivity index (χ1n) is 9.90. The molecule has 0 radical (unpaired) electrons. The molecule has 8 heteroatoms. The van der Waals surface area contributed by atoms with Gasteiger partial charge < -0.3 is 9.15 Å². The Hall–Kier alpha value is -3.78. The van der Waals surface area contributed by atoms with Crippen molar-refractivity contribution >= 4 is 33.5 Å². The zero-order valence-corrected chi connectivity index (χ0v) is 17.3. The van der Waals surface area contributed by atoms with Crippen molar-refractivity contribution in [2.45, 2.75) is 19.9 Å². The van der Waals surface area contributed by atoms with E-state index in [9.17, 15) is 9.59 Å². The number of fused-ring (bicyclic) bond motifs is 2. The third-order valence-corrected chi connectivity index (χ3v) is 4.95. The summed E-state index contributed by atoms with van der Waals surface area (Å²) in [5, 5.41) is 5.65. The van der Waals surface area contributed by atoms with Gasteiger partial charge in [-0.25, -0.2) is 15.2 Å². The van der Waals surface area contributed by atoms with E-state index in [1.165, 1.54) is 4.57 Å². The van der Waals surface area contributed by atoms with Crippen LogP contribution in [0.1, 0.15) is 18.9 Å². The molecule has 0 aliphatic carbocycles. The summed E-state index contributed by atoms with van der Waals surface area (Å²) >= 11 is 0. The average Bonchev–Trinajstić information content (AvgIpc) is 2.78. The van der Waals surface area contributed by atoms with E-state index in [4.69, 9.17) is 9.15 Å². The zero-order valence-electron chi connectivity index (χ0n) is 17.3. The van der Waals surface area contributed by atoms with Gasteiger partial charge in [-0.3, -0.25) is 9.36 Å². The molecule has 0 saturated carbocycles. The quantitative estimate of drug-likeness (QED) is 0.214. The van der Waals surface area contributed by atoms with Crippen molar-refractivity contribution in [2.75, 3.05) is 19.1 Å². The maximum Gasteiger partial charge on any atom is 0.345 e. The highest BCUT2D eigenvalue weighted by Crippen LogP contribution is 2.14. The molecular weight excluding hydrogens is 396 g/mol. The van der Waals surface area contributed by atoms with E-state index in [0.29, 0.717) is 53.3 Å². The lowest BCUT2D eigenvalue weighted by Crippen LogP contribution is -2.25. The molecule has 2 aromatic heterocycles. The van der Waals surface area contributed by atoms with Gasteiger partial charge in [0.15, 0.2) is 0 Å².